The van der Waals surface area contributed by atoms with Gasteiger partial charge in [-0.15, -0.1) is 0 Å². The summed E-state index contributed by atoms with van der Waals surface area (Å²) in [6, 6.07) is 2.13. The number of hydrogen-bond donors (Lipinski definition) is 1. The van der Waals surface area contributed by atoms with E-state index in [0.717, 1.165) is 12.8 Å². The third kappa shape index (κ3) is 3.05. The van der Waals surface area contributed by atoms with Crippen molar-refractivity contribution >= 4 is 6.03 Å². The number of piperidine rings is 1. The lowest BCUT2D eigenvalue weighted by molar-refractivity contribution is 0.104. The number of nitrogens with one attached hydrogen (secondary N) is 1. The first-order chi connectivity index (χ1) is 8.29. The number of likely N-dealkylation sites (tertiary alicyclic amines) is 1. The SMILES string of the molecule is CNC(=O)N1CCC(Oc2ncccn2)CC1. The van der Waals surface area contributed by atoms with Crippen LogP contribution in [0.25, 0.3) is 0 Å². The number of rotatable bonds is 2. The van der Waals surface area contributed by atoms with Crippen molar-refractivity contribution in [2.24, 2.45) is 0 Å². The largest absolute Gasteiger partial charge is 0.460 e. The summed E-state index contributed by atoms with van der Waals surface area (Å²) in [4.78, 5) is 21.2. The Morgan fingerprint density at radius 1 is 1.41 bits per heavy atom. The summed E-state index contributed by atoms with van der Waals surface area (Å²) in [5.41, 5.74) is 0. The number of urea groups is 1. The number of hydrogen-bond acceptors (Lipinski definition) is 4. The molecule has 0 spiro atoms. The van der Waals surface area contributed by atoms with Crippen LogP contribution in [0.1, 0.15) is 12.8 Å². The third-order valence-corrected chi connectivity index (χ3v) is 2.76. The highest BCUT2D eigenvalue weighted by atomic mass is 16.5. The van der Waals surface area contributed by atoms with Crippen molar-refractivity contribution < 1.29 is 9.53 Å². The maximum absolute atomic E-state index is 11.4. The minimum absolute atomic E-state index is 0.0283. The predicted octanol–water partition coefficient (Wildman–Crippen LogP) is 0.659. The molecule has 0 aliphatic carbocycles. The first-order valence-corrected chi connectivity index (χ1v) is 5.70. The summed E-state index contributed by atoms with van der Waals surface area (Å²) in [7, 11) is 1.64. The number of carbonyl (C=O) groups is 1. The van der Waals surface area contributed by atoms with Crippen LogP contribution in [0, 0.1) is 0 Å². The molecule has 1 aliphatic heterocycles. The van der Waals surface area contributed by atoms with Gasteiger partial charge in [0, 0.05) is 45.4 Å². The van der Waals surface area contributed by atoms with Crippen LogP contribution in [0.3, 0.4) is 0 Å². The Bertz CT molecular complexity index is 363. The summed E-state index contributed by atoms with van der Waals surface area (Å²) >= 11 is 0. The van der Waals surface area contributed by atoms with E-state index in [0.29, 0.717) is 19.1 Å². The van der Waals surface area contributed by atoms with Crippen LogP contribution in [0.15, 0.2) is 18.5 Å². The monoisotopic (exact) mass is 236 g/mol. The standard InChI is InChI=1S/C11H16N4O2/c1-12-11(16)15-7-3-9(4-8-15)17-10-13-5-2-6-14-10/h2,5-6,9H,3-4,7-8H2,1H3,(H,12,16). The molecule has 0 atom stereocenters. The minimum Gasteiger partial charge on any atom is -0.460 e. The molecule has 2 rings (SSSR count). The van der Waals surface area contributed by atoms with Gasteiger partial charge in [0.15, 0.2) is 0 Å². The molecular formula is C11H16N4O2. The molecule has 2 heterocycles. The second-order valence-electron chi connectivity index (χ2n) is 3.89. The van der Waals surface area contributed by atoms with E-state index >= 15 is 0 Å². The second kappa shape index (κ2) is 5.47. The van der Waals surface area contributed by atoms with Gasteiger partial charge in [-0.3, -0.25) is 0 Å². The van der Waals surface area contributed by atoms with Gasteiger partial charge in [0.1, 0.15) is 6.10 Å². The van der Waals surface area contributed by atoms with E-state index in [4.69, 9.17) is 4.74 Å². The normalized spacial score (nSPS) is 16.6. The molecule has 2 amide bonds. The maximum atomic E-state index is 11.4. The van der Waals surface area contributed by atoms with Crippen molar-refractivity contribution in [1.82, 2.24) is 20.2 Å². The number of amides is 2. The number of nitrogens with zero attached hydrogens (tertiary/aromatic N) is 3. The van der Waals surface area contributed by atoms with Crippen LogP contribution in [0.4, 0.5) is 4.79 Å². The van der Waals surface area contributed by atoms with Gasteiger partial charge in [-0.1, -0.05) is 0 Å². The fraction of sp³-hybridized carbons (Fsp3) is 0.545. The van der Waals surface area contributed by atoms with Gasteiger partial charge in [-0.05, 0) is 6.07 Å². The van der Waals surface area contributed by atoms with Crippen molar-refractivity contribution in [3.05, 3.63) is 18.5 Å². The van der Waals surface area contributed by atoms with E-state index in [1.807, 2.05) is 0 Å². The van der Waals surface area contributed by atoms with Crippen LogP contribution in [0.2, 0.25) is 0 Å². The Morgan fingerprint density at radius 2 is 2.06 bits per heavy atom. The highest BCUT2D eigenvalue weighted by molar-refractivity contribution is 5.73. The molecule has 0 unspecified atom stereocenters. The zero-order chi connectivity index (χ0) is 12.1. The Morgan fingerprint density at radius 3 is 2.65 bits per heavy atom. The van der Waals surface area contributed by atoms with Crippen molar-refractivity contribution in [3.8, 4) is 6.01 Å². The lowest BCUT2D eigenvalue weighted by atomic mass is 10.1. The van der Waals surface area contributed by atoms with Crippen LogP contribution < -0.4 is 10.1 Å². The van der Waals surface area contributed by atoms with Crippen molar-refractivity contribution in [3.63, 3.8) is 0 Å². The van der Waals surface area contributed by atoms with Crippen LogP contribution in [-0.4, -0.2) is 47.1 Å². The lowest BCUT2D eigenvalue weighted by Crippen LogP contribution is -2.45. The summed E-state index contributed by atoms with van der Waals surface area (Å²) in [6.07, 6.45) is 5.03. The molecule has 1 aromatic rings. The molecule has 1 aromatic heterocycles. The lowest BCUT2D eigenvalue weighted by Gasteiger charge is -2.31. The molecule has 17 heavy (non-hydrogen) atoms. The first-order valence-electron chi connectivity index (χ1n) is 5.70. The molecule has 6 heteroatoms. The van der Waals surface area contributed by atoms with Crippen LogP contribution in [0.5, 0.6) is 6.01 Å². The van der Waals surface area contributed by atoms with Crippen LogP contribution in [-0.2, 0) is 0 Å². The van der Waals surface area contributed by atoms with Gasteiger partial charge >= 0.3 is 12.0 Å². The molecule has 6 nitrogen and oxygen atoms in total. The summed E-state index contributed by atoms with van der Waals surface area (Å²) in [6.45, 7) is 1.41. The van der Waals surface area contributed by atoms with E-state index in [-0.39, 0.29) is 12.1 Å². The molecule has 0 bridgehead atoms. The molecular weight excluding hydrogens is 220 g/mol. The van der Waals surface area contributed by atoms with Gasteiger partial charge < -0.3 is 15.0 Å². The van der Waals surface area contributed by atoms with Gasteiger partial charge in [-0.2, -0.15) is 0 Å². The number of carbonyl (C=O) groups excluding carboxylic acids is 1. The quantitative estimate of drug-likeness (QED) is 0.819. The average Bonchev–Trinajstić information content (AvgIpc) is 2.40. The molecule has 0 aromatic carbocycles. The van der Waals surface area contributed by atoms with Crippen molar-refractivity contribution in [1.29, 1.82) is 0 Å². The van der Waals surface area contributed by atoms with E-state index in [1.165, 1.54) is 0 Å². The molecule has 0 saturated carbocycles. The molecule has 1 fully saturated rings. The fourth-order valence-electron chi connectivity index (χ4n) is 1.83. The van der Waals surface area contributed by atoms with E-state index < -0.39 is 0 Å². The Kier molecular flexibility index (Phi) is 3.74. The molecule has 92 valence electrons. The molecule has 1 aliphatic rings. The summed E-state index contributed by atoms with van der Waals surface area (Å²) < 4.78 is 5.64. The van der Waals surface area contributed by atoms with Crippen molar-refractivity contribution in [2.45, 2.75) is 18.9 Å². The van der Waals surface area contributed by atoms with Gasteiger partial charge in [0.05, 0.1) is 0 Å². The molecule has 1 saturated heterocycles. The van der Waals surface area contributed by atoms with E-state index in [1.54, 1.807) is 30.4 Å². The zero-order valence-electron chi connectivity index (χ0n) is 9.80. The van der Waals surface area contributed by atoms with Gasteiger partial charge in [0.2, 0.25) is 0 Å². The minimum atomic E-state index is -0.0283. The summed E-state index contributed by atoms with van der Waals surface area (Å²) in [5, 5.41) is 2.62. The number of aromatic nitrogens is 2. The second-order valence-corrected chi connectivity index (χ2v) is 3.89. The van der Waals surface area contributed by atoms with E-state index in [9.17, 15) is 4.79 Å². The Hall–Kier alpha value is -1.85. The molecule has 0 radical (unpaired) electrons. The Balaban J connectivity index is 1.82. The maximum Gasteiger partial charge on any atom is 0.317 e. The predicted molar refractivity (Wildman–Crippen MR) is 61.7 cm³/mol. The van der Waals surface area contributed by atoms with Crippen LogP contribution >= 0.6 is 0 Å². The Labute approximate surface area is 100 Å². The van der Waals surface area contributed by atoms with Gasteiger partial charge in [-0.25, -0.2) is 14.8 Å². The van der Waals surface area contributed by atoms with Crippen molar-refractivity contribution in [2.75, 3.05) is 20.1 Å². The highest BCUT2D eigenvalue weighted by Crippen LogP contribution is 2.15. The third-order valence-electron chi connectivity index (χ3n) is 2.76. The fourth-order valence-corrected chi connectivity index (χ4v) is 1.83. The highest BCUT2D eigenvalue weighted by Gasteiger charge is 2.23. The van der Waals surface area contributed by atoms with Gasteiger partial charge in [0.25, 0.3) is 0 Å². The topological polar surface area (TPSA) is 67.4 Å². The zero-order valence-corrected chi connectivity index (χ0v) is 9.80. The van der Waals surface area contributed by atoms with E-state index in [2.05, 4.69) is 15.3 Å². The number of ether oxygens (including phenoxy) is 1. The average molecular weight is 236 g/mol. The first kappa shape index (κ1) is 11.6. The summed E-state index contributed by atoms with van der Waals surface area (Å²) in [5.74, 6) is 0. The molecule has 1 N–H and O–H groups in total. The smallest absolute Gasteiger partial charge is 0.317 e.